The van der Waals surface area contributed by atoms with Crippen molar-refractivity contribution in [1.82, 2.24) is 15.1 Å². The Labute approximate surface area is 166 Å². The second-order valence-electron chi connectivity index (χ2n) is 7.33. The van der Waals surface area contributed by atoms with Crippen LogP contribution in [0.3, 0.4) is 0 Å². The lowest BCUT2D eigenvalue weighted by Crippen LogP contribution is -1.96. The third kappa shape index (κ3) is 2.84. The lowest BCUT2D eigenvalue weighted by atomic mass is 9.93. The predicted octanol–water partition coefficient (Wildman–Crippen LogP) is 4.84. The third-order valence-corrected chi connectivity index (χ3v) is 5.42. The van der Waals surface area contributed by atoms with Crippen molar-refractivity contribution in [3.8, 4) is 11.1 Å². The summed E-state index contributed by atoms with van der Waals surface area (Å²) in [6.07, 6.45) is 2.41. The van der Waals surface area contributed by atoms with Crippen LogP contribution in [-0.4, -0.2) is 15.1 Å². The quantitative estimate of drug-likeness (QED) is 0.480. The van der Waals surface area contributed by atoms with E-state index in [4.69, 9.17) is 8.94 Å². The van der Waals surface area contributed by atoms with Crippen LogP contribution >= 0.6 is 0 Å². The lowest BCUT2D eigenvalue weighted by molar-refractivity contribution is 0.393. The van der Waals surface area contributed by atoms with Crippen molar-refractivity contribution in [3.05, 3.63) is 81.3 Å². The summed E-state index contributed by atoms with van der Waals surface area (Å²) in [5, 5.41) is 5.17. The minimum Gasteiger partial charge on any atom is -0.408 e. The monoisotopic (exact) mass is 385 g/mol. The minimum absolute atomic E-state index is 0.464. The second kappa shape index (κ2) is 6.44. The van der Waals surface area contributed by atoms with Crippen LogP contribution in [0.1, 0.15) is 28.1 Å². The number of aryl methyl sites for hydroxylation is 3. The summed E-state index contributed by atoms with van der Waals surface area (Å²) < 4.78 is 10.8. The highest BCUT2D eigenvalue weighted by Gasteiger charge is 2.18. The molecule has 0 atom stereocenters. The smallest absolute Gasteiger partial charge is 0.408 e. The zero-order chi connectivity index (χ0) is 20.1. The van der Waals surface area contributed by atoms with Gasteiger partial charge in [-0.25, -0.2) is 4.79 Å². The molecule has 0 aliphatic rings. The fraction of sp³-hybridized carbons (Fsp3) is 0.174. The molecule has 3 aromatic heterocycles. The lowest BCUT2D eigenvalue weighted by Gasteiger charge is -2.12. The topological polar surface area (TPSA) is 84.9 Å². The standard InChI is InChI=1S/C23H19N3O3/c1-12-6-7-19-17(5-4-8-24-19)18(12)10-16-9-15(21-13(2)26-29-14(21)3)11-20-22(16)28-23(27)25-20/h4-9,11H,10H2,1-3H3,(H,25,27). The summed E-state index contributed by atoms with van der Waals surface area (Å²) in [6, 6.07) is 12.1. The predicted molar refractivity (Wildman–Crippen MR) is 111 cm³/mol. The van der Waals surface area contributed by atoms with Crippen molar-refractivity contribution >= 4 is 22.0 Å². The number of pyridine rings is 1. The van der Waals surface area contributed by atoms with Gasteiger partial charge >= 0.3 is 5.76 Å². The first-order valence-electron chi connectivity index (χ1n) is 9.43. The van der Waals surface area contributed by atoms with Gasteiger partial charge in [0.05, 0.1) is 16.7 Å². The number of H-pyrrole nitrogens is 1. The van der Waals surface area contributed by atoms with Crippen molar-refractivity contribution in [2.24, 2.45) is 0 Å². The SMILES string of the molecule is Cc1ccc2ncccc2c1Cc1cc(-c2c(C)noc2C)cc2[nH]c(=O)oc12. The summed E-state index contributed by atoms with van der Waals surface area (Å²) in [5.41, 5.74) is 8.13. The highest BCUT2D eigenvalue weighted by Crippen LogP contribution is 2.33. The van der Waals surface area contributed by atoms with Gasteiger partial charge < -0.3 is 8.94 Å². The molecule has 1 N–H and O–H groups in total. The molecule has 0 spiro atoms. The van der Waals surface area contributed by atoms with E-state index >= 15 is 0 Å². The average Bonchev–Trinajstić information content (AvgIpc) is 3.24. The van der Waals surface area contributed by atoms with E-state index in [1.54, 1.807) is 6.20 Å². The number of aromatic nitrogens is 3. The Hall–Kier alpha value is -3.67. The molecule has 144 valence electrons. The Morgan fingerprint density at radius 2 is 1.97 bits per heavy atom. The number of hydrogen-bond donors (Lipinski definition) is 1. The van der Waals surface area contributed by atoms with Crippen LogP contribution in [0.15, 0.2) is 56.3 Å². The fourth-order valence-corrected chi connectivity index (χ4v) is 4.05. The molecule has 2 aromatic carbocycles. The summed E-state index contributed by atoms with van der Waals surface area (Å²) in [5.74, 6) is 0.276. The van der Waals surface area contributed by atoms with Gasteiger partial charge in [0.2, 0.25) is 0 Å². The number of fused-ring (bicyclic) bond motifs is 2. The average molecular weight is 385 g/mol. The van der Waals surface area contributed by atoms with Crippen molar-refractivity contribution in [1.29, 1.82) is 0 Å². The molecular weight excluding hydrogens is 366 g/mol. The van der Waals surface area contributed by atoms with Gasteiger partial charge in [-0.1, -0.05) is 17.3 Å². The first kappa shape index (κ1) is 17.4. The molecule has 0 radical (unpaired) electrons. The molecule has 29 heavy (non-hydrogen) atoms. The first-order valence-corrected chi connectivity index (χ1v) is 9.43. The number of aromatic amines is 1. The number of oxazole rings is 1. The summed E-state index contributed by atoms with van der Waals surface area (Å²) in [7, 11) is 0. The number of nitrogens with zero attached hydrogens (tertiary/aromatic N) is 2. The molecular formula is C23H19N3O3. The van der Waals surface area contributed by atoms with Crippen molar-refractivity contribution in [2.75, 3.05) is 0 Å². The molecule has 0 saturated carbocycles. The molecule has 3 heterocycles. The van der Waals surface area contributed by atoms with Crippen LogP contribution in [-0.2, 0) is 6.42 Å². The first-order chi connectivity index (χ1) is 14.0. The summed E-state index contributed by atoms with van der Waals surface area (Å²) in [6.45, 7) is 5.89. The van der Waals surface area contributed by atoms with Gasteiger partial charge in [0.25, 0.3) is 0 Å². The van der Waals surface area contributed by atoms with Crippen molar-refractivity contribution < 1.29 is 8.94 Å². The van der Waals surface area contributed by atoms with Gasteiger partial charge in [0, 0.05) is 29.1 Å². The highest BCUT2D eigenvalue weighted by molar-refractivity contribution is 5.87. The maximum absolute atomic E-state index is 11.9. The zero-order valence-corrected chi connectivity index (χ0v) is 16.4. The van der Waals surface area contributed by atoms with E-state index in [-0.39, 0.29) is 0 Å². The van der Waals surface area contributed by atoms with Crippen molar-refractivity contribution in [2.45, 2.75) is 27.2 Å². The summed E-state index contributed by atoms with van der Waals surface area (Å²) >= 11 is 0. The minimum atomic E-state index is -0.464. The van der Waals surface area contributed by atoms with Crippen LogP contribution in [0.2, 0.25) is 0 Å². The Morgan fingerprint density at radius 3 is 2.76 bits per heavy atom. The van der Waals surface area contributed by atoms with E-state index in [0.29, 0.717) is 17.5 Å². The van der Waals surface area contributed by atoms with Crippen LogP contribution in [0, 0.1) is 20.8 Å². The Bertz CT molecular complexity index is 1420. The van der Waals surface area contributed by atoms with E-state index in [1.165, 1.54) is 5.56 Å². The van der Waals surface area contributed by atoms with Gasteiger partial charge in [0.1, 0.15) is 5.76 Å². The normalized spacial score (nSPS) is 11.6. The Balaban J connectivity index is 1.75. The summed E-state index contributed by atoms with van der Waals surface area (Å²) in [4.78, 5) is 19.2. The van der Waals surface area contributed by atoms with Crippen LogP contribution < -0.4 is 5.76 Å². The molecule has 6 nitrogen and oxygen atoms in total. The number of benzene rings is 2. The molecule has 5 aromatic rings. The zero-order valence-electron chi connectivity index (χ0n) is 16.4. The Morgan fingerprint density at radius 1 is 1.10 bits per heavy atom. The molecule has 0 aliphatic carbocycles. The van der Waals surface area contributed by atoms with E-state index in [2.05, 4.69) is 40.2 Å². The van der Waals surface area contributed by atoms with Crippen molar-refractivity contribution in [3.63, 3.8) is 0 Å². The number of nitrogens with one attached hydrogen (secondary N) is 1. The van der Waals surface area contributed by atoms with E-state index in [1.807, 2.05) is 32.0 Å². The maximum Gasteiger partial charge on any atom is 0.417 e. The molecule has 0 bridgehead atoms. The second-order valence-corrected chi connectivity index (χ2v) is 7.33. The number of hydrogen-bond acceptors (Lipinski definition) is 5. The van der Waals surface area contributed by atoms with E-state index in [0.717, 1.165) is 44.6 Å². The molecule has 6 heteroatoms. The molecule has 0 amide bonds. The van der Waals surface area contributed by atoms with Gasteiger partial charge in [-0.15, -0.1) is 0 Å². The number of rotatable bonds is 3. The third-order valence-electron chi connectivity index (χ3n) is 5.42. The van der Waals surface area contributed by atoms with Crippen LogP contribution in [0.25, 0.3) is 33.1 Å². The van der Waals surface area contributed by atoms with Gasteiger partial charge in [-0.2, -0.15) is 0 Å². The van der Waals surface area contributed by atoms with Gasteiger partial charge in [-0.3, -0.25) is 9.97 Å². The largest absolute Gasteiger partial charge is 0.417 e. The maximum atomic E-state index is 11.9. The molecule has 5 rings (SSSR count). The molecule has 0 saturated heterocycles. The van der Waals surface area contributed by atoms with Crippen LogP contribution in [0.5, 0.6) is 0 Å². The molecule has 0 fully saturated rings. The van der Waals surface area contributed by atoms with Crippen LogP contribution in [0.4, 0.5) is 0 Å². The van der Waals surface area contributed by atoms with E-state index in [9.17, 15) is 4.79 Å². The van der Waals surface area contributed by atoms with Gasteiger partial charge in [0.15, 0.2) is 5.58 Å². The fourth-order valence-electron chi connectivity index (χ4n) is 4.05. The van der Waals surface area contributed by atoms with Gasteiger partial charge in [-0.05, 0) is 61.7 Å². The molecule has 0 unspecified atom stereocenters. The Kier molecular flexibility index (Phi) is 3.87. The highest BCUT2D eigenvalue weighted by atomic mass is 16.5. The molecule has 0 aliphatic heterocycles. The van der Waals surface area contributed by atoms with E-state index < -0.39 is 5.76 Å².